The summed E-state index contributed by atoms with van der Waals surface area (Å²) in [6.07, 6.45) is -5.05. The maximum absolute atomic E-state index is 15.9. The van der Waals surface area contributed by atoms with Gasteiger partial charge in [-0.25, -0.2) is 18.8 Å². The Bertz CT molecular complexity index is 1840. The molecule has 7 rings (SSSR count). The Morgan fingerprint density at radius 3 is 2.60 bits per heavy atom. The molecule has 45 heavy (non-hydrogen) atoms. The molecule has 0 aromatic carbocycles. The lowest BCUT2D eigenvalue weighted by Crippen LogP contribution is -2.32. The van der Waals surface area contributed by atoms with Gasteiger partial charge in [0.05, 0.1) is 25.6 Å². The highest BCUT2D eigenvalue weighted by molar-refractivity contribution is 8.07. The number of hydrogen-bond acceptors (Lipinski definition) is 14. The largest absolute Gasteiger partial charge is 0.369 e. The fourth-order valence-electron chi connectivity index (χ4n) is 5.72. The Hall–Kier alpha value is -2.10. The first kappa shape index (κ1) is 31.5. The number of aromatic nitrogens is 5. The number of nitrogens with two attached hydrogens (primary N) is 2. The van der Waals surface area contributed by atoms with Crippen LogP contribution in [0.2, 0.25) is 0 Å². The monoisotopic (exact) mass is 710 g/mol. The van der Waals surface area contributed by atoms with Gasteiger partial charge in [0.15, 0.2) is 23.6 Å². The zero-order valence-corrected chi connectivity index (χ0v) is 26.2. The molecule has 0 spiro atoms. The molecule has 4 aliphatic rings. The molecule has 244 valence electrons. The molecule has 2 bridgehead atoms. The number of hydrogen-bond donors (Lipinski definition) is 5. The topological polar surface area (TPSA) is 229 Å². The van der Waals surface area contributed by atoms with Gasteiger partial charge in [0.25, 0.3) is 5.56 Å². The number of anilines is 1. The van der Waals surface area contributed by atoms with Crippen LogP contribution in [0.5, 0.6) is 0 Å². The summed E-state index contributed by atoms with van der Waals surface area (Å²) in [6, 6.07) is -0.596. The van der Waals surface area contributed by atoms with Gasteiger partial charge >= 0.3 is 13.4 Å². The number of nitrogen functional groups attached to an aromatic ring is 1. The third-order valence-corrected chi connectivity index (χ3v) is 10.9. The van der Waals surface area contributed by atoms with Crippen LogP contribution in [0, 0.1) is 5.82 Å². The normalized spacial score (nSPS) is 38.8. The van der Waals surface area contributed by atoms with E-state index in [1.807, 2.05) is 0 Å². The molecule has 17 nitrogen and oxygen atoms in total. The van der Waals surface area contributed by atoms with Crippen molar-refractivity contribution in [2.75, 3.05) is 18.9 Å². The fourth-order valence-corrected chi connectivity index (χ4v) is 8.60. The lowest BCUT2D eigenvalue weighted by molar-refractivity contribution is -0.0598. The van der Waals surface area contributed by atoms with Gasteiger partial charge in [-0.15, -0.1) is 0 Å². The molecule has 0 radical (unpaired) electrons. The minimum absolute atomic E-state index is 0.0240. The molecule has 0 saturated carbocycles. The van der Waals surface area contributed by atoms with Crippen LogP contribution in [0.15, 0.2) is 22.3 Å². The van der Waals surface area contributed by atoms with Gasteiger partial charge in [-0.3, -0.25) is 18.9 Å². The summed E-state index contributed by atoms with van der Waals surface area (Å²) in [7, 11) is 0. The van der Waals surface area contributed by atoms with Crippen LogP contribution in [0.1, 0.15) is 36.9 Å². The summed E-state index contributed by atoms with van der Waals surface area (Å²) in [5, 5.41) is 0. The van der Waals surface area contributed by atoms with Crippen molar-refractivity contribution in [2.24, 2.45) is 10.7 Å². The predicted octanol–water partition coefficient (Wildman–Crippen LogP) is 1.22. The summed E-state index contributed by atoms with van der Waals surface area (Å²) >= 11 is 10.4. The van der Waals surface area contributed by atoms with Crippen molar-refractivity contribution in [2.45, 2.75) is 61.9 Å². The van der Waals surface area contributed by atoms with Crippen molar-refractivity contribution in [1.82, 2.24) is 24.1 Å². The van der Waals surface area contributed by atoms with E-state index in [2.05, 4.69) is 19.9 Å². The van der Waals surface area contributed by atoms with Crippen LogP contribution in [0.4, 0.5) is 20.5 Å². The van der Waals surface area contributed by atoms with E-state index in [0.29, 0.717) is 6.42 Å². The Morgan fingerprint density at radius 1 is 1.09 bits per heavy atom. The summed E-state index contributed by atoms with van der Waals surface area (Å²) in [5.41, 5.74) is 11.2. The number of nitrogens with one attached hydrogen (secondary N) is 1. The average Bonchev–Trinajstić information content (AvgIpc) is 3.71. The Kier molecular flexibility index (Phi) is 8.08. The fraction of sp³-hybridized carbons (Fsp3) is 0.545. The van der Waals surface area contributed by atoms with Crippen molar-refractivity contribution < 1.29 is 46.1 Å². The highest BCUT2D eigenvalue weighted by Gasteiger charge is 2.51. The van der Waals surface area contributed by atoms with E-state index in [4.69, 9.17) is 62.6 Å². The van der Waals surface area contributed by atoms with Crippen molar-refractivity contribution >= 4 is 66.2 Å². The molecule has 3 saturated heterocycles. The zero-order chi connectivity index (χ0) is 31.8. The summed E-state index contributed by atoms with van der Waals surface area (Å²) < 4.78 is 67.8. The van der Waals surface area contributed by atoms with Crippen LogP contribution < -0.4 is 17.0 Å². The van der Waals surface area contributed by atoms with Crippen molar-refractivity contribution in [3.05, 3.63) is 34.3 Å². The molecule has 23 heteroatoms. The molecule has 0 aliphatic carbocycles. The molecule has 0 amide bonds. The summed E-state index contributed by atoms with van der Waals surface area (Å²) in [5.74, 6) is -0.536. The zero-order valence-electron chi connectivity index (χ0n) is 22.8. The van der Waals surface area contributed by atoms with Crippen LogP contribution in [0.25, 0.3) is 11.2 Å². The smallest absolute Gasteiger partial charge is 0.325 e. The number of imidazole rings is 1. The molecule has 4 aliphatic heterocycles. The number of H-pyrrole nitrogens is 1. The average molecular weight is 711 g/mol. The number of rotatable bonds is 2. The van der Waals surface area contributed by atoms with E-state index < -0.39 is 87.1 Å². The highest BCUT2D eigenvalue weighted by Crippen LogP contribution is 2.54. The van der Waals surface area contributed by atoms with Gasteiger partial charge in [-0.1, -0.05) is 0 Å². The van der Waals surface area contributed by atoms with Gasteiger partial charge in [0.1, 0.15) is 36.2 Å². The molecule has 7 heterocycles. The standard InChI is InChI=1S/C22H26F2N8O9P2S2/c23-8-4-31(18-14(8)9(25)1-2-27-18)13-3-10-11(38-13)5-36-43(35,45)41-17-15(24)12(6-37-42(34,44)40-10)39-21(17)32-7-28-16-19(32)29-22(26)30-20(16)33/h2,4,7,9-13,15,17,21H,1,3,5-6,25H2,(H,34,44)(H,35,45)(H3,26,29,30,33)/t9?,10-,11+,12+,13+,15+,17+,21+,42?,43?/m0/s1. The van der Waals surface area contributed by atoms with Gasteiger partial charge in [-0.05, 0) is 23.6 Å². The van der Waals surface area contributed by atoms with Gasteiger partial charge in [0.2, 0.25) is 5.95 Å². The Balaban J connectivity index is 1.18. The van der Waals surface area contributed by atoms with Gasteiger partial charge in [-0.2, -0.15) is 4.98 Å². The Labute approximate surface area is 261 Å². The second-order valence-corrected chi connectivity index (χ2v) is 16.2. The first-order chi connectivity index (χ1) is 21.3. The van der Waals surface area contributed by atoms with Crippen molar-refractivity contribution in [3.63, 3.8) is 0 Å². The van der Waals surface area contributed by atoms with Crippen LogP contribution >= 0.6 is 13.4 Å². The minimum atomic E-state index is -4.25. The van der Waals surface area contributed by atoms with E-state index in [9.17, 15) is 19.0 Å². The second-order valence-electron chi connectivity index (χ2n) is 10.7. The van der Waals surface area contributed by atoms with E-state index in [1.165, 1.54) is 15.3 Å². The van der Waals surface area contributed by atoms with E-state index in [-0.39, 0.29) is 34.9 Å². The number of alkyl halides is 1. The van der Waals surface area contributed by atoms with Crippen LogP contribution in [-0.4, -0.2) is 83.9 Å². The first-order valence-electron chi connectivity index (χ1n) is 13.5. The third-order valence-electron chi connectivity index (χ3n) is 7.75. The summed E-state index contributed by atoms with van der Waals surface area (Å²) in [6.45, 7) is -9.40. The van der Waals surface area contributed by atoms with Crippen molar-refractivity contribution in [3.8, 4) is 0 Å². The molecular weight excluding hydrogens is 684 g/mol. The minimum Gasteiger partial charge on any atom is -0.369 e. The molecule has 7 N–H and O–H groups in total. The second kappa shape index (κ2) is 11.6. The van der Waals surface area contributed by atoms with Crippen molar-refractivity contribution in [1.29, 1.82) is 0 Å². The summed E-state index contributed by atoms with van der Waals surface area (Å²) in [4.78, 5) is 49.0. The third kappa shape index (κ3) is 5.84. The maximum atomic E-state index is 15.9. The lowest BCUT2D eigenvalue weighted by Gasteiger charge is -2.27. The molecule has 3 aromatic heterocycles. The van der Waals surface area contributed by atoms with E-state index in [0.717, 1.165) is 6.33 Å². The molecule has 3 unspecified atom stereocenters. The predicted molar refractivity (Wildman–Crippen MR) is 159 cm³/mol. The first-order valence-corrected chi connectivity index (χ1v) is 18.7. The van der Waals surface area contributed by atoms with Crippen LogP contribution in [0.3, 0.4) is 0 Å². The SMILES string of the molecule is Nc1nc2c(ncn2[C@@H]2O[C@@H]3COP(O)(=S)O[C@H]4C[C@H](n5cc(F)c6c5N=CCC6N)O[C@@H]4COP(O)(=S)O[C@@H]2[C@@H]3F)c(=O)[nH]1. The number of nitrogens with zero attached hydrogens (tertiary/aromatic N) is 5. The van der Waals surface area contributed by atoms with E-state index >= 15 is 4.39 Å². The van der Waals surface area contributed by atoms with E-state index in [1.54, 1.807) is 6.21 Å². The number of fused-ring (bicyclic) bond motifs is 5. The Morgan fingerprint density at radius 2 is 1.82 bits per heavy atom. The molecule has 10 atom stereocenters. The maximum Gasteiger partial charge on any atom is 0.325 e. The van der Waals surface area contributed by atoms with Gasteiger partial charge < -0.3 is 48.9 Å². The number of halogens is 2. The number of aliphatic imine (C=N–C) groups is 1. The lowest BCUT2D eigenvalue weighted by atomic mass is 10.1. The quantitative estimate of drug-likeness (QED) is 0.236. The molecule has 3 aromatic rings. The number of aromatic amines is 1. The highest BCUT2D eigenvalue weighted by atomic mass is 32.5. The number of ether oxygens (including phenoxy) is 2. The van der Waals surface area contributed by atoms with Crippen LogP contribution in [-0.2, 0) is 51.2 Å². The van der Waals surface area contributed by atoms with Gasteiger partial charge in [0, 0.05) is 36.9 Å². The molecular formula is C22H26F2N8O9P2S2. The molecule has 3 fully saturated rings.